The Bertz CT molecular complexity index is 857. The summed E-state index contributed by atoms with van der Waals surface area (Å²) in [6.45, 7) is -0.107. The molecule has 0 heterocycles. The molecule has 0 aliphatic rings. The van der Waals surface area contributed by atoms with Crippen molar-refractivity contribution in [2.75, 3.05) is 13.1 Å². The van der Waals surface area contributed by atoms with E-state index in [1.165, 1.54) is 0 Å². The van der Waals surface area contributed by atoms with Gasteiger partial charge in [-0.05, 0) is 16.3 Å². The third-order valence-electron chi connectivity index (χ3n) is 3.90. The van der Waals surface area contributed by atoms with Crippen molar-refractivity contribution in [2.45, 2.75) is 18.8 Å². The molecule has 0 radical (unpaired) electrons. The molecule has 0 aromatic heterocycles. The number of carbonyl (C=O) groups is 3. The van der Waals surface area contributed by atoms with Gasteiger partial charge in [-0.15, -0.1) is 0 Å². The molecule has 1 unspecified atom stereocenters. The van der Waals surface area contributed by atoms with Crippen molar-refractivity contribution in [3.63, 3.8) is 0 Å². The van der Waals surface area contributed by atoms with E-state index in [1.54, 1.807) is 0 Å². The molecule has 7 nitrogen and oxygen atoms in total. The molecule has 0 fully saturated rings. The maximum absolute atomic E-state index is 12.4. The molecular formula is C19H19N3O4. The van der Waals surface area contributed by atoms with E-state index in [2.05, 4.69) is 10.6 Å². The van der Waals surface area contributed by atoms with Crippen molar-refractivity contribution in [2.24, 2.45) is 0 Å². The number of nitrogens with one attached hydrogen (secondary N) is 2. The van der Waals surface area contributed by atoms with Crippen LogP contribution in [0.4, 0.5) is 0 Å². The van der Waals surface area contributed by atoms with Crippen molar-refractivity contribution in [1.29, 1.82) is 5.26 Å². The fraction of sp³-hybridized carbons (Fsp3) is 0.263. The second-order valence-electron chi connectivity index (χ2n) is 5.73. The Hall–Kier alpha value is -3.40. The molecule has 0 aliphatic carbocycles. The summed E-state index contributed by atoms with van der Waals surface area (Å²) in [4.78, 5) is 34.7. The molecule has 0 aliphatic heterocycles. The van der Waals surface area contributed by atoms with E-state index in [-0.39, 0.29) is 31.8 Å². The normalized spacial score (nSPS) is 11.3. The highest BCUT2D eigenvalue weighted by Gasteiger charge is 2.21. The van der Waals surface area contributed by atoms with Crippen LogP contribution in [0.5, 0.6) is 0 Å². The van der Waals surface area contributed by atoms with Gasteiger partial charge in [0, 0.05) is 13.0 Å². The first kappa shape index (κ1) is 18.9. The van der Waals surface area contributed by atoms with Crippen LogP contribution in [0.15, 0.2) is 42.5 Å². The standard InChI is InChI=1S/C19H19N3O4/c20-9-10-21-19(26)16(12-22-17(23)7-8-18(24)25)15-6-5-13-3-1-2-4-14(13)11-15/h1-6,11,16H,7-8,10,12H2,(H,21,26)(H,22,23)(H,24,25). The van der Waals surface area contributed by atoms with Crippen molar-refractivity contribution < 1.29 is 19.5 Å². The lowest BCUT2D eigenvalue weighted by Gasteiger charge is -2.18. The maximum atomic E-state index is 12.4. The van der Waals surface area contributed by atoms with E-state index in [9.17, 15) is 14.4 Å². The number of benzene rings is 2. The molecule has 7 heteroatoms. The molecular weight excluding hydrogens is 334 g/mol. The van der Waals surface area contributed by atoms with Gasteiger partial charge in [-0.1, -0.05) is 42.5 Å². The van der Waals surface area contributed by atoms with Crippen LogP contribution < -0.4 is 10.6 Å². The van der Waals surface area contributed by atoms with Crippen LogP contribution in [-0.4, -0.2) is 36.0 Å². The zero-order chi connectivity index (χ0) is 18.9. The largest absolute Gasteiger partial charge is 0.481 e. The molecule has 2 aromatic rings. The lowest BCUT2D eigenvalue weighted by Crippen LogP contribution is -2.37. The van der Waals surface area contributed by atoms with Gasteiger partial charge in [0.1, 0.15) is 6.54 Å². The third kappa shape index (κ3) is 5.31. The van der Waals surface area contributed by atoms with E-state index in [0.717, 1.165) is 10.8 Å². The molecule has 0 spiro atoms. The van der Waals surface area contributed by atoms with Crippen LogP contribution in [0, 0.1) is 11.3 Å². The topological polar surface area (TPSA) is 119 Å². The first-order valence-electron chi connectivity index (χ1n) is 8.13. The quantitative estimate of drug-likeness (QED) is 0.622. The van der Waals surface area contributed by atoms with E-state index in [0.29, 0.717) is 5.56 Å². The lowest BCUT2D eigenvalue weighted by atomic mass is 9.95. The highest BCUT2D eigenvalue weighted by molar-refractivity contribution is 5.89. The highest BCUT2D eigenvalue weighted by Crippen LogP contribution is 2.22. The summed E-state index contributed by atoms with van der Waals surface area (Å²) in [5.74, 6) is -2.55. The summed E-state index contributed by atoms with van der Waals surface area (Å²) in [5, 5.41) is 24.4. The van der Waals surface area contributed by atoms with Crippen molar-refractivity contribution >= 4 is 28.6 Å². The zero-order valence-electron chi connectivity index (χ0n) is 14.1. The number of carboxylic acid groups (broad SMARTS) is 1. The molecule has 0 bridgehead atoms. The molecule has 0 saturated carbocycles. The summed E-state index contributed by atoms with van der Waals surface area (Å²) in [7, 11) is 0. The smallest absolute Gasteiger partial charge is 0.303 e. The minimum Gasteiger partial charge on any atom is -0.481 e. The molecule has 2 rings (SSSR count). The van der Waals surface area contributed by atoms with Crippen molar-refractivity contribution in [3.05, 3.63) is 48.0 Å². The molecule has 0 saturated heterocycles. The SMILES string of the molecule is N#CCNC(=O)C(CNC(=O)CCC(=O)O)c1ccc2ccccc2c1. The molecule has 3 N–H and O–H groups in total. The van der Waals surface area contributed by atoms with Gasteiger partial charge >= 0.3 is 5.97 Å². The first-order valence-corrected chi connectivity index (χ1v) is 8.13. The van der Waals surface area contributed by atoms with Gasteiger partial charge in [-0.25, -0.2) is 0 Å². The molecule has 134 valence electrons. The Labute approximate surface area is 150 Å². The van der Waals surface area contributed by atoms with Crippen LogP contribution >= 0.6 is 0 Å². The summed E-state index contributed by atoms with van der Waals surface area (Å²) in [5.41, 5.74) is 0.706. The number of fused-ring (bicyclic) bond motifs is 1. The monoisotopic (exact) mass is 353 g/mol. The average Bonchev–Trinajstić information content (AvgIpc) is 2.64. The Kier molecular flexibility index (Phi) is 6.68. The van der Waals surface area contributed by atoms with Crippen LogP contribution in [0.25, 0.3) is 10.8 Å². The van der Waals surface area contributed by atoms with E-state index in [4.69, 9.17) is 10.4 Å². The van der Waals surface area contributed by atoms with Crippen LogP contribution in [0.2, 0.25) is 0 Å². The Morgan fingerprint density at radius 2 is 1.77 bits per heavy atom. The zero-order valence-corrected chi connectivity index (χ0v) is 14.1. The maximum Gasteiger partial charge on any atom is 0.303 e. The lowest BCUT2D eigenvalue weighted by molar-refractivity contribution is -0.139. The van der Waals surface area contributed by atoms with Gasteiger partial charge in [-0.2, -0.15) is 5.26 Å². The number of aliphatic carboxylic acids is 1. The summed E-state index contributed by atoms with van der Waals surface area (Å²) in [6.07, 6.45) is -0.424. The molecule has 26 heavy (non-hydrogen) atoms. The minimum atomic E-state index is -1.06. The number of hydrogen-bond acceptors (Lipinski definition) is 4. The summed E-state index contributed by atoms with van der Waals surface area (Å²) in [6, 6.07) is 15.1. The third-order valence-corrected chi connectivity index (χ3v) is 3.90. The van der Waals surface area contributed by atoms with Gasteiger partial charge in [0.2, 0.25) is 11.8 Å². The summed E-state index contributed by atoms with van der Waals surface area (Å²) < 4.78 is 0. The number of hydrogen-bond donors (Lipinski definition) is 3. The van der Waals surface area contributed by atoms with Gasteiger partial charge in [0.25, 0.3) is 0 Å². The first-order chi connectivity index (χ1) is 12.5. The second-order valence-corrected chi connectivity index (χ2v) is 5.73. The van der Waals surface area contributed by atoms with E-state index in [1.807, 2.05) is 48.5 Å². The van der Waals surface area contributed by atoms with E-state index < -0.39 is 17.8 Å². The summed E-state index contributed by atoms with van der Waals surface area (Å²) >= 11 is 0. The predicted octanol–water partition coefficient (Wildman–Crippen LogP) is 1.54. The second kappa shape index (κ2) is 9.18. The van der Waals surface area contributed by atoms with Gasteiger partial charge in [-0.3, -0.25) is 14.4 Å². The molecule has 2 aromatic carbocycles. The molecule has 2 amide bonds. The number of nitrogens with zero attached hydrogens (tertiary/aromatic N) is 1. The fourth-order valence-corrected chi connectivity index (χ4v) is 2.56. The number of rotatable bonds is 8. The van der Waals surface area contributed by atoms with Gasteiger partial charge in [0.05, 0.1) is 18.4 Å². The number of amides is 2. The van der Waals surface area contributed by atoms with Gasteiger partial charge < -0.3 is 15.7 Å². The highest BCUT2D eigenvalue weighted by atomic mass is 16.4. The average molecular weight is 353 g/mol. The predicted molar refractivity (Wildman–Crippen MR) is 95.2 cm³/mol. The Morgan fingerprint density at radius 1 is 1.04 bits per heavy atom. The number of nitriles is 1. The van der Waals surface area contributed by atoms with E-state index >= 15 is 0 Å². The number of carboxylic acids is 1. The number of carbonyl (C=O) groups excluding carboxylic acids is 2. The van der Waals surface area contributed by atoms with Crippen LogP contribution in [0.3, 0.4) is 0 Å². The molecule has 1 atom stereocenters. The van der Waals surface area contributed by atoms with Crippen molar-refractivity contribution in [3.8, 4) is 6.07 Å². The Balaban J connectivity index is 2.16. The van der Waals surface area contributed by atoms with Crippen molar-refractivity contribution in [1.82, 2.24) is 10.6 Å². The van der Waals surface area contributed by atoms with Crippen LogP contribution in [0.1, 0.15) is 24.3 Å². The Morgan fingerprint density at radius 3 is 2.46 bits per heavy atom. The minimum absolute atomic E-state index is 0.0219. The fourth-order valence-electron chi connectivity index (χ4n) is 2.56. The van der Waals surface area contributed by atoms with Gasteiger partial charge in [0.15, 0.2) is 0 Å². The van der Waals surface area contributed by atoms with Crippen LogP contribution in [-0.2, 0) is 14.4 Å².